The number of carbonyl (C=O) groups is 1. The first kappa shape index (κ1) is 16.4. The molecule has 0 aliphatic heterocycles. The van der Waals surface area contributed by atoms with E-state index >= 15 is 0 Å². The molecule has 24 heavy (non-hydrogen) atoms. The van der Waals surface area contributed by atoms with Crippen LogP contribution >= 0.6 is 0 Å². The summed E-state index contributed by atoms with van der Waals surface area (Å²) in [6, 6.07) is 15.2. The van der Waals surface area contributed by atoms with Gasteiger partial charge in [-0.25, -0.2) is 4.79 Å². The van der Waals surface area contributed by atoms with Crippen molar-refractivity contribution in [3.05, 3.63) is 54.1 Å². The summed E-state index contributed by atoms with van der Waals surface area (Å²) < 4.78 is 10.7. The molecule has 0 saturated heterocycles. The Hall–Kier alpha value is -2.49. The molecule has 1 aliphatic carbocycles. The molecule has 0 aromatic heterocycles. The lowest BCUT2D eigenvalue weighted by molar-refractivity contribution is 0.0601. The van der Waals surface area contributed by atoms with Crippen LogP contribution < -0.4 is 10.1 Å². The van der Waals surface area contributed by atoms with Crippen LogP contribution in [-0.4, -0.2) is 19.2 Å². The highest BCUT2D eigenvalue weighted by atomic mass is 16.5. The average molecular weight is 325 g/mol. The zero-order valence-electron chi connectivity index (χ0n) is 14.0. The molecule has 0 amide bonds. The summed E-state index contributed by atoms with van der Waals surface area (Å²) in [6.45, 7) is 0. The van der Waals surface area contributed by atoms with Gasteiger partial charge in [-0.05, 0) is 74.2 Å². The van der Waals surface area contributed by atoms with Gasteiger partial charge in [-0.2, -0.15) is 0 Å². The van der Waals surface area contributed by atoms with Gasteiger partial charge in [0.05, 0.1) is 18.8 Å². The number of benzene rings is 2. The maximum atomic E-state index is 11.4. The third-order valence-electron chi connectivity index (χ3n) is 4.30. The largest absolute Gasteiger partial charge is 0.490 e. The maximum Gasteiger partial charge on any atom is 0.337 e. The van der Waals surface area contributed by atoms with Crippen LogP contribution in [0.4, 0.5) is 11.4 Å². The van der Waals surface area contributed by atoms with E-state index in [1.807, 2.05) is 36.4 Å². The number of methoxy groups -OCH3 is 1. The molecule has 2 aromatic carbocycles. The molecule has 0 atom stereocenters. The predicted octanol–water partition coefficient (Wildman–Crippen LogP) is 4.93. The van der Waals surface area contributed by atoms with Gasteiger partial charge in [0.2, 0.25) is 0 Å². The van der Waals surface area contributed by atoms with E-state index in [4.69, 9.17) is 9.47 Å². The first-order chi connectivity index (χ1) is 11.7. The molecular weight excluding hydrogens is 302 g/mol. The molecule has 0 heterocycles. The molecule has 2 aromatic rings. The smallest absolute Gasteiger partial charge is 0.337 e. The molecular formula is C20H23NO3. The van der Waals surface area contributed by atoms with Crippen molar-refractivity contribution < 1.29 is 14.3 Å². The van der Waals surface area contributed by atoms with Crippen LogP contribution in [-0.2, 0) is 4.74 Å². The minimum Gasteiger partial charge on any atom is -0.490 e. The molecule has 1 aliphatic rings. The van der Waals surface area contributed by atoms with Crippen LogP contribution in [0.15, 0.2) is 48.5 Å². The van der Waals surface area contributed by atoms with Gasteiger partial charge in [0.15, 0.2) is 0 Å². The first-order valence-corrected chi connectivity index (χ1v) is 8.47. The van der Waals surface area contributed by atoms with Crippen LogP contribution in [0, 0.1) is 0 Å². The van der Waals surface area contributed by atoms with Crippen molar-refractivity contribution in [2.24, 2.45) is 0 Å². The fraction of sp³-hybridized carbons (Fsp3) is 0.350. The molecule has 0 bridgehead atoms. The van der Waals surface area contributed by atoms with Crippen LogP contribution in [0.2, 0.25) is 0 Å². The average Bonchev–Trinajstić information content (AvgIpc) is 2.64. The topological polar surface area (TPSA) is 47.6 Å². The summed E-state index contributed by atoms with van der Waals surface area (Å²) in [5, 5.41) is 3.31. The Labute approximate surface area is 142 Å². The molecule has 126 valence electrons. The Morgan fingerprint density at radius 2 is 1.50 bits per heavy atom. The lowest BCUT2D eigenvalue weighted by Gasteiger charge is -2.23. The zero-order chi connectivity index (χ0) is 16.8. The van der Waals surface area contributed by atoms with Gasteiger partial charge in [0, 0.05) is 11.4 Å². The Kier molecular flexibility index (Phi) is 5.36. The second-order valence-corrected chi connectivity index (χ2v) is 6.10. The summed E-state index contributed by atoms with van der Waals surface area (Å²) >= 11 is 0. The van der Waals surface area contributed by atoms with Gasteiger partial charge in [-0.1, -0.05) is 6.42 Å². The first-order valence-electron chi connectivity index (χ1n) is 8.47. The fourth-order valence-corrected chi connectivity index (χ4v) is 2.97. The number of esters is 1. The van der Waals surface area contributed by atoms with Gasteiger partial charge in [-0.3, -0.25) is 0 Å². The number of nitrogens with one attached hydrogen (secondary N) is 1. The second kappa shape index (κ2) is 7.86. The van der Waals surface area contributed by atoms with E-state index in [0.717, 1.165) is 30.0 Å². The number of anilines is 2. The predicted molar refractivity (Wildman–Crippen MR) is 95.0 cm³/mol. The number of hydrogen-bond donors (Lipinski definition) is 1. The van der Waals surface area contributed by atoms with E-state index in [1.165, 1.54) is 26.4 Å². The Bertz CT molecular complexity index is 658. The highest BCUT2D eigenvalue weighted by Crippen LogP contribution is 2.25. The van der Waals surface area contributed by atoms with Crippen LogP contribution in [0.3, 0.4) is 0 Å². The van der Waals surface area contributed by atoms with Crippen LogP contribution in [0.1, 0.15) is 42.5 Å². The molecule has 1 saturated carbocycles. The van der Waals surface area contributed by atoms with Gasteiger partial charge >= 0.3 is 5.97 Å². The van der Waals surface area contributed by atoms with Gasteiger partial charge < -0.3 is 14.8 Å². The van der Waals surface area contributed by atoms with Crippen molar-refractivity contribution in [1.29, 1.82) is 0 Å². The molecule has 3 rings (SSSR count). The van der Waals surface area contributed by atoms with Gasteiger partial charge in [-0.15, -0.1) is 0 Å². The van der Waals surface area contributed by atoms with Crippen molar-refractivity contribution in [1.82, 2.24) is 0 Å². The molecule has 4 heteroatoms. The second-order valence-electron chi connectivity index (χ2n) is 6.10. The molecule has 1 fully saturated rings. The van der Waals surface area contributed by atoms with Crippen molar-refractivity contribution in [3.8, 4) is 5.75 Å². The van der Waals surface area contributed by atoms with Crippen molar-refractivity contribution in [2.75, 3.05) is 12.4 Å². The number of ether oxygens (including phenoxy) is 2. The molecule has 0 unspecified atom stereocenters. The Morgan fingerprint density at radius 3 is 2.08 bits per heavy atom. The third kappa shape index (κ3) is 4.28. The Balaban J connectivity index is 1.58. The van der Waals surface area contributed by atoms with E-state index in [0.29, 0.717) is 11.7 Å². The van der Waals surface area contributed by atoms with E-state index in [2.05, 4.69) is 5.32 Å². The van der Waals surface area contributed by atoms with Crippen LogP contribution in [0.5, 0.6) is 5.75 Å². The molecule has 0 radical (unpaired) electrons. The normalized spacial score (nSPS) is 14.9. The SMILES string of the molecule is COC(=O)c1ccc(Nc2ccc(OC3CCCCC3)cc2)cc1. The van der Waals surface area contributed by atoms with Gasteiger partial charge in [0.25, 0.3) is 0 Å². The highest BCUT2D eigenvalue weighted by molar-refractivity contribution is 5.89. The minimum absolute atomic E-state index is 0.328. The lowest BCUT2D eigenvalue weighted by Crippen LogP contribution is -2.19. The monoisotopic (exact) mass is 325 g/mol. The van der Waals surface area contributed by atoms with Crippen molar-refractivity contribution >= 4 is 17.3 Å². The van der Waals surface area contributed by atoms with E-state index in [9.17, 15) is 4.79 Å². The van der Waals surface area contributed by atoms with Crippen molar-refractivity contribution in [2.45, 2.75) is 38.2 Å². The standard InChI is InChI=1S/C20H23NO3/c1-23-20(22)15-7-9-16(10-8-15)21-17-11-13-19(14-12-17)24-18-5-3-2-4-6-18/h7-14,18,21H,2-6H2,1H3. The number of rotatable bonds is 5. The minimum atomic E-state index is -0.328. The highest BCUT2D eigenvalue weighted by Gasteiger charge is 2.14. The summed E-state index contributed by atoms with van der Waals surface area (Å²) in [4.78, 5) is 11.4. The molecule has 1 N–H and O–H groups in total. The summed E-state index contributed by atoms with van der Waals surface area (Å²) in [5.74, 6) is 0.597. The maximum absolute atomic E-state index is 11.4. The fourth-order valence-electron chi connectivity index (χ4n) is 2.97. The van der Waals surface area contributed by atoms with E-state index in [-0.39, 0.29) is 5.97 Å². The summed E-state index contributed by atoms with van der Waals surface area (Å²) in [6.07, 6.45) is 6.55. The van der Waals surface area contributed by atoms with Crippen LogP contribution in [0.25, 0.3) is 0 Å². The Morgan fingerprint density at radius 1 is 0.917 bits per heavy atom. The third-order valence-corrected chi connectivity index (χ3v) is 4.30. The van der Waals surface area contributed by atoms with E-state index in [1.54, 1.807) is 12.1 Å². The molecule has 4 nitrogen and oxygen atoms in total. The zero-order valence-corrected chi connectivity index (χ0v) is 14.0. The molecule has 0 spiro atoms. The summed E-state index contributed by atoms with van der Waals surface area (Å²) in [5.41, 5.74) is 2.44. The van der Waals surface area contributed by atoms with E-state index < -0.39 is 0 Å². The van der Waals surface area contributed by atoms with Gasteiger partial charge in [0.1, 0.15) is 5.75 Å². The summed E-state index contributed by atoms with van der Waals surface area (Å²) in [7, 11) is 1.38. The number of hydrogen-bond acceptors (Lipinski definition) is 4. The number of carbonyl (C=O) groups excluding carboxylic acids is 1. The van der Waals surface area contributed by atoms with Crippen molar-refractivity contribution in [3.63, 3.8) is 0 Å². The quantitative estimate of drug-likeness (QED) is 0.792. The lowest BCUT2D eigenvalue weighted by atomic mass is 9.98.